The molecular formula is C11H15NO3. The van der Waals surface area contributed by atoms with Crippen LogP contribution in [0, 0.1) is 6.92 Å². The van der Waals surface area contributed by atoms with E-state index in [1.165, 1.54) is 0 Å². The van der Waals surface area contributed by atoms with E-state index in [2.05, 4.69) is 4.98 Å². The molecule has 4 nitrogen and oxygen atoms in total. The van der Waals surface area contributed by atoms with E-state index in [1.807, 2.05) is 19.1 Å². The van der Waals surface area contributed by atoms with E-state index in [1.54, 1.807) is 6.20 Å². The molecule has 0 amide bonds. The summed E-state index contributed by atoms with van der Waals surface area (Å²) in [6.07, 6.45) is 0.948. The van der Waals surface area contributed by atoms with Crippen LogP contribution in [-0.4, -0.2) is 34.0 Å². The molecular weight excluding hydrogens is 194 g/mol. The molecule has 0 aromatic carbocycles. The van der Waals surface area contributed by atoms with Crippen LogP contribution < -0.4 is 0 Å². The summed E-state index contributed by atoms with van der Waals surface area (Å²) in [5, 5.41) is 18.6. The zero-order chi connectivity index (χ0) is 10.8. The highest BCUT2D eigenvalue weighted by Gasteiger charge is 2.35. The van der Waals surface area contributed by atoms with Crippen molar-refractivity contribution in [1.29, 1.82) is 0 Å². The number of nitrogens with zero attached hydrogens (tertiary/aromatic N) is 1. The van der Waals surface area contributed by atoms with Gasteiger partial charge in [-0.2, -0.15) is 0 Å². The first-order valence-electron chi connectivity index (χ1n) is 5.08. The Morgan fingerprint density at radius 1 is 1.60 bits per heavy atom. The highest BCUT2D eigenvalue weighted by Crippen LogP contribution is 2.32. The third-order valence-electron chi connectivity index (χ3n) is 2.76. The number of hydrogen-bond donors (Lipinski definition) is 2. The van der Waals surface area contributed by atoms with Gasteiger partial charge in [0.15, 0.2) is 0 Å². The normalized spacial score (nSPS) is 30.7. The number of ether oxygens (including phenoxy) is 1. The molecule has 82 valence electrons. The van der Waals surface area contributed by atoms with E-state index < -0.39 is 12.2 Å². The van der Waals surface area contributed by atoms with Gasteiger partial charge in [0.05, 0.1) is 18.4 Å². The van der Waals surface area contributed by atoms with Gasteiger partial charge in [-0.25, -0.2) is 0 Å². The van der Waals surface area contributed by atoms with Gasteiger partial charge in [0.25, 0.3) is 0 Å². The Labute approximate surface area is 88.5 Å². The fourth-order valence-electron chi connectivity index (χ4n) is 1.90. The van der Waals surface area contributed by atoms with E-state index >= 15 is 0 Å². The molecule has 4 heteroatoms. The van der Waals surface area contributed by atoms with E-state index in [4.69, 9.17) is 9.84 Å². The average molecular weight is 209 g/mol. The minimum Gasteiger partial charge on any atom is -0.394 e. The number of aryl methyl sites for hydroxylation is 1. The van der Waals surface area contributed by atoms with Gasteiger partial charge in [-0.15, -0.1) is 0 Å². The van der Waals surface area contributed by atoms with Gasteiger partial charge in [-0.3, -0.25) is 4.98 Å². The Hall–Kier alpha value is -0.970. The second-order valence-corrected chi connectivity index (χ2v) is 3.85. The average Bonchev–Trinajstić information content (AvgIpc) is 2.60. The maximum absolute atomic E-state index is 9.60. The van der Waals surface area contributed by atoms with Gasteiger partial charge in [0, 0.05) is 12.6 Å². The molecule has 2 rings (SSSR count). The molecule has 1 aliphatic heterocycles. The summed E-state index contributed by atoms with van der Waals surface area (Å²) in [5.74, 6) is 0. The van der Waals surface area contributed by atoms with Gasteiger partial charge in [0.1, 0.15) is 12.2 Å². The SMILES string of the molecule is Cc1cccnc1[C@H]1C[C@H](O)[C@@H](CO)O1. The van der Waals surface area contributed by atoms with Crippen LogP contribution in [0.25, 0.3) is 0 Å². The zero-order valence-corrected chi connectivity index (χ0v) is 8.63. The fraction of sp³-hybridized carbons (Fsp3) is 0.545. The maximum atomic E-state index is 9.60. The molecule has 1 aromatic heterocycles. The quantitative estimate of drug-likeness (QED) is 0.747. The molecule has 1 aromatic rings. The molecule has 2 N–H and O–H groups in total. The maximum Gasteiger partial charge on any atom is 0.107 e. The molecule has 3 atom stereocenters. The number of aliphatic hydroxyl groups is 2. The highest BCUT2D eigenvalue weighted by atomic mass is 16.5. The Morgan fingerprint density at radius 3 is 3.00 bits per heavy atom. The van der Waals surface area contributed by atoms with Crippen molar-refractivity contribution in [3.05, 3.63) is 29.6 Å². The van der Waals surface area contributed by atoms with E-state index in [0.717, 1.165) is 11.3 Å². The van der Waals surface area contributed by atoms with Crippen LogP contribution in [0.15, 0.2) is 18.3 Å². The Kier molecular flexibility index (Phi) is 3.00. The van der Waals surface area contributed by atoms with Crippen molar-refractivity contribution in [2.24, 2.45) is 0 Å². The monoisotopic (exact) mass is 209 g/mol. The van der Waals surface area contributed by atoms with Gasteiger partial charge < -0.3 is 14.9 Å². The van der Waals surface area contributed by atoms with Crippen LogP contribution in [0.2, 0.25) is 0 Å². The predicted molar refractivity (Wildman–Crippen MR) is 54.3 cm³/mol. The summed E-state index contributed by atoms with van der Waals surface area (Å²) in [7, 11) is 0. The van der Waals surface area contributed by atoms with Crippen molar-refractivity contribution >= 4 is 0 Å². The van der Waals surface area contributed by atoms with Gasteiger partial charge in [0.2, 0.25) is 0 Å². The zero-order valence-electron chi connectivity index (χ0n) is 8.63. The van der Waals surface area contributed by atoms with E-state index in [-0.39, 0.29) is 12.7 Å². The predicted octanol–water partition coefficient (Wildman–Crippen LogP) is 0.573. The van der Waals surface area contributed by atoms with E-state index in [9.17, 15) is 5.11 Å². The second kappa shape index (κ2) is 4.26. The van der Waals surface area contributed by atoms with Crippen molar-refractivity contribution < 1.29 is 14.9 Å². The summed E-state index contributed by atoms with van der Waals surface area (Å²) in [6.45, 7) is 1.81. The summed E-state index contributed by atoms with van der Waals surface area (Å²) in [5.41, 5.74) is 1.90. The molecule has 0 bridgehead atoms. The lowest BCUT2D eigenvalue weighted by Gasteiger charge is -2.13. The second-order valence-electron chi connectivity index (χ2n) is 3.85. The number of rotatable bonds is 2. The van der Waals surface area contributed by atoms with Crippen LogP contribution in [-0.2, 0) is 4.74 Å². The summed E-state index contributed by atoms with van der Waals surface area (Å²) < 4.78 is 5.53. The molecule has 1 aliphatic rings. The van der Waals surface area contributed by atoms with Crippen LogP contribution >= 0.6 is 0 Å². The number of aliphatic hydroxyl groups excluding tert-OH is 2. The van der Waals surface area contributed by atoms with Crippen molar-refractivity contribution in [3.63, 3.8) is 0 Å². The number of hydrogen-bond acceptors (Lipinski definition) is 4. The fourth-order valence-corrected chi connectivity index (χ4v) is 1.90. The molecule has 2 heterocycles. The third kappa shape index (κ3) is 2.02. The molecule has 1 saturated heterocycles. The molecule has 1 fully saturated rings. The standard InChI is InChI=1S/C11H15NO3/c1-7-3-2-4-12-11(7)9-5-8(14)10(6-13)15-9/h2-4,8-10,13-14H,5-6H2,1H3/t8-,9+,10+/m0/s1. The van der Waals surface area contributed by atoms with Crippen LogP contribution in [0.4, 0.5) is 0 Å². The van der Waals surface area contributed by atoms with Crippen molar-refractivity contribution in [1.82, 2.24) is 4.98 Å². The topological polar surface area (TPSA) is 62.6 Å². The number of pyridine rings is 1. The van der Waals surface area contributed by atoms with Crippen molar-refractivity contribution in [2.75, 3.05) is 6.61 Å². The molecule has 0 unspecified atom stereocenters. The lowest BCUT2D eigenvalue weighted by Crippen LogP contribution is -2.24. The van der Waals surface area contributed by atoms with Crippen LogP contribution in [0.5, 0.6) is 0 Å². The summed E-state index contributed by atoms with van der Waals surface area (Å²) in [4.78, 5) is 4.25. The molecule has 0 aliphatic carbocycles. The van der Waals surface area contributed by atoms with E-state index in [0.29, 0.717) is 6.42 Å². The highest BCUT2D eigenvalue weighted by molar-refractivity contribution is 5.21. The lowest BCUT2D eigenvalue weighted by molar-refractivity contribution is -0.0237. The van der Waals surface area contributed by atoms with Crippen LogP contribution in [0.3, 0.4) is 0 Å². The Bertz CT molecular complexity index is 342. The third-order valence-corrected chi connectivity index (χ3v) is 2.76. The van der Waals surface area contributed by atoms with Crippen molar-refractivity contribution in [2.45, 2.75) is 31.7 Å². The van der Waals surface area contributed by atoms with Crippen LogP contribution in [0.1, 0.15) is 23.8 Å². The smallest absolute Gasteiger partial charge is 0.107 e. The van der Waals surface area contributed by atoms with Gasteiger partial charge >= 0.3 is 0 Å². The molecule has 15 heavy (non-hydrogen) atoms. The molecule has 0 radical (unpaired) electrons. The Balaban J connectivity index is 2.17. The lowest BCUT2D eigenvalue weighted by atomic mass is 10.1. The summed E-state index contributed by atoms with van der Waals surface area (Å²) >= 11 is 0. The number of aromatic nitrogens is 1. The first-order chi connectivity index (χ1) is 7.22. The van der Waals surface area contributed by atoms with Gasteiger partial charge in [-0.05, 0) is 18.6 Å². The molecule has 0 spiro atoms. The minimum atomic E-state index is -0.596. The Morgan fingerprint density at radius 2 is 2.40 bits per heavy atom. The van der Waals surface area contributed by atoms with Gasteiger partial charge in [-0.1, -0.05) is 6.07 Å². The minimum absolute atomic E-state index is 0.149. The first-order valence-corrected chi connectivity index (χ1v) is 5.08. The molecule has 0 saturated carbocycles. The van der Waals surface area contributed by atoms with Crippen molar-refractivity contribution in [3.8, 4) is 0 Å². The summed E-state index contributed by atoms with van der Waals surface area (Å²) in [6, 6.07) is 3.83. The largest absolute Gasteiger partial charge is 0.394 e. The first kappa shape index (κ1) is 10.5.